The normalized spacial score (nSPS) is 18.0. The van der Waals surface area contributed by atoms with Gasteiger partial charge in [-0.3, -0.25) is 9.59 Å². The van der Waals surface area contributed by atoms with E-state index < -0.39 is 75.0 Å². The van der Waals surface area contributed by atoms with Crippen molar-refractivity contribution in [3.8, 4) is 0 Å². The number of nitrogens with zero attached hydrogens (tertiary/aromatic N) is 1. The number of benzene rings is 2. The zero-order chi connectivity index (χ0) is 39.4. The van der Waals surface area contributed by atoms with E-state index in [1.807, 2.05) is 36.4 Å². The fourth-order valence-corrected chi connectivity index (χ4v) is 9.70. The van der Waals surface area contributed by atoms with Crippen LogP contribution in [0.15, 0.2) is 73.2 Å². The Kier molecular flexibility index (Phi) is 14.9. The maximum Gasteiger partial charge on any atom is 0.407 e. The minimum Gasteiger partial charge on any atom is -0.445 e. The first-order valence-corrected chi connectivity index (χ1v) is 21.3. The Morgan fingerprint density at radius 2 is 1.55 bits per heavy atom. The number of nitrogens with one attached hydrogen (secondary N) is 4. The van der Waals surface area contributed by atoms with Gasteiger partial charge in [0.15, 0.2) is 9.84 Å². The molecule has 2 saturated carbocycles. The van der Waals surface area contributed by atoms with Gasteiger partial charge in [0.2, 0.25) is 11.8 Å². The molecule has 2 fully saturated rings. The molecule has 5 rings (SSSR count). The summed E-state index contributed by atoms with van der Waals surface area (Å²) in [5, 5.41) is 30.7. The number of ether oxygens (including phenoxy) is 1. The molecule has 1 aromatic heterocycles. The highest BCUT2D eigenvalue weighted by Crippen LogP contribution is 2.36. The lowest BCUT2D eigenvalue weighted by atomic mass is 9.82. The molecule has 3 amide bonds. The Balaban J connectivity index is 1.30. The average molecular weight is 780 g/mol. The molecule has 1 heterocycles. The standard InChI is InChI=1S/C41H57N5O8S/c1-41(2,46-40(51)54-24-30-16-10-5-11-17-30)26-55(52,53)25-32(20-28-12-6-3-7-13-28)38(49)45-35(22-33-23-42-27-43-33)39(50)44-34(21-29-14-8-4-9-15-29)37(48)36(47)31-18-19-31/h3,5-7,10-13,16-17,23,27,29,31-32,34-37,47-48H,4,8-9,14-15,18-22,24-26H2,1-2H3,(H,42,43)(H,44,50)(H,45,49)(H,46,51)/t32-,34+,35+,36+,37-/m1/s1. The number of hydrogen-bond donors (Lipinski definition) is 6. The quantitative estimate of drug-likeness (QED) is 0.0981. The highest BCUT2D eigenvalue weighted by molar-refractivity contribution is 7.91. The number of alkyl carbamates (subject to hydrolysis) is 1. The lowest BCUT2D eigenvalue weighted by molar-refractivity contribution is -0.132. The zero-order valence-electron chi connectivity index (χ0n) is 31.9. The first-order valence-electron chi connectivity index (χ1n) is 19.4. The molecule has 0 aliphatic heterocycles. The van der Waals surface area contributed by atoms with Crippen LogP contribution >= 0.6 is 0 Å². The van der Waals surface area contributed by atoms with Crippen molar-refractivity contribution in [3.05, 3.63) is 90.0 Å². The van der Waals surface area contributed by atoms with Crippen molar-refractivity contribution >= 4 is 27.7 Å². The van der Waals surface area contributed by atoms with E-state index in [1.54, 1.807) is 44.3 Å². The van der Waals surface area contributed by atoms with Crippen LogP contribution in [0.3, 0.4) is 0 Å². The third kappa shape index (κ3) is 13.8. The van der Waals surface area contributed by atoms with Crippen molar-refractivity contribution in [2.24, 2.45) is 17.8 Å². The fraction of sp³-hybridized carbons (Fsp3) is 0.561. The number of H-pyrrole nitrogens is 1. The minimum absolute atomic E-state index is 0.0120. The molecule has 3 aromatic rings. The van der Waals surface area contributed by atoms with Crippen molar-refractivity contribution in [2.75, 3.05) is 11.5 Å². The fourth-order valence-electron chi connectivity index (χ4n) is 7.53. The Bertz CT molecular complexity index is 1760. The van der Waals surface area contributed by atoms with E-state index >= 15 is 0 Å². The Morgan fingerprint density at radius 3 is 2.16 bits per heavy atom. The number of hydrogen-bond acceptors (Lipinski definition) is 9. The number of amides is 3. The highest BCUT2D eigenvalue weighted by atomic mass is 32.2. The van der Waals surface area contributed by atoms with E-state index in [4.69, 9.17) is 4.74 Å². The molecule has 55 heavy (non-hydrogen) atoms. The summed E-state index contributed by atoms with van der Waals surface area (Å²) >= 11 is 0. The largest absolute Gasteiger partial charge is 0.445 e. The Labute approximate surface area is 324 Å². The third-order valence-corrected chi connectivity index (χ3v) is 12.6. The second-order valence-corrected chi connectivity index (χ2v) is 18.1. The molecule has 0 radical (unpaired) electrons. The summed E-state index contributed by atoms with van der Waals surface area (Å²) in [5.74, 6) is -3.03. The maximum atomic E-state index is 14.2. The van der Waals surface area contributed by atoms with Gasteiger partial charge in [-0.25, -0.2) is 18.2 Å². The van der Waals surface area contributed by atoms with Crippen LogP contribution in [0.4, 0.5) is 4.79 Å². The van der Waals surface area contributed by atoms with Crippen LogP contribution in [0.1, 0.15) is 82.0 Å². The number of aromatic amines is 1. The molecule has 2 aromatic carbocycles. The van der Waals surface area contributed by atoms with Gasteiger partial charge in [-0.2, -0.15) is 0 Å². The van der Waals surface area contributed by atoms with Gasteiger partial charge < -0.3 is 35.9 Å². The van der Waals surface area contributed by atoms with E-state index in [0.29, 0.717) is 12.1 Å². The maximum absolute atomic E-state index is 14.2. The summed E-state index contributed by atoms with van der Waals surface area (Å²) in [7, 11) is -3.99. The van der Waals surface area contributed by atoms with Crippen LogP contribution in [0.25, 0.3) is 0 Å². The second kappa shape index (κ2) is 19.5. The van der Waals surface area contributed by atoms with E-state index in [-0.39, 0.29) is 31.3 Å². The van der Waals surface area contributed by atoms with E-state index in [2.05, 4.69) is 25.9 Å². The number of rotatable bonds is 20. The number of sulfone groups is 1. The molecule has 5 atom stereocenters. The van der Waals surface area contributed by atoms with Gasteiger partial charge in [-0.15, -0.1) is 0 Å². The molecule has 6 N–H and O–H groups in total. The molecule has 0 bridgehead atoms. The van der Waals surface area contributed by atoms with Crippen LogP contribution in [0, 0.1) is 17.8 Å². The molecule has 0 unspecified atom stereocenters. The lowest BCUT2D eigenvalue weighted by Crippen LogP contribution is -2.57. The van der Waals surface area contributed by atoms with E-state index in [0.717, 1.165) is 56.1 Å². The predicted octanol–water partition coefficient (Wildman–Crippen LogP) is 4.00. The number of aromatic nitrogens is 2. The summed E-state index contributed by atoms with van der Waals surface area (Å²) in [6, 6.07) is 16.3. The average Bonchev–Trinajstić information content (AvgIpc) is 3.88. The smallest absolute Gasteiger partial charge is 0.407 e. The van der Waals surface area contributed by atoms with Gasteiger partial charge in [-0.1, -0.05) is 92.8 Å². The van der Waals surface area contributed by atoms with Crippen LogP contribution in [-0.2, 0) is 43.6 Å². The topological polar surface area (TPSA) is 200 Å². The van der Waals surface area contributed by atoms with E-state index in [9.17, 15) is 33.0 Å². The molecule has 13 nitrogen and oxygen atoms in total. The molecule has 0 saturated heterocycles. The van der Waals surface area contributed by atoms with Gasteiger partial charge in [0.25, 0.3) is 0 Å². The predicted molar refractivity (Wildman–Crippen MR) is 208 cm³/mol. The Hall–Kier alpha value is -4.27. The van der Waals surface area contributed by atoms with Crippen molar-refractivity contribution in [3.63, 3.8) is 0 Å². The van der Waals surface area contributed by atoms with Gasteiger partial charge in [-0.05, 0) is 62.5 Å². The van der Waals surface area contributed by atoms with Gasteiger partial charge in [0.1, 0.15) is 18.8 Å². The first kappa shape index (κ1) is 41.9. The molecule has 2 aliphatic carbocycles. The molecule has 0 spiro atoms. The molecular weight excluding hydrogens is 723 g/mol. The number of carbonyl (C=O) groups excluding carboxylic acids is 3. The Morgan fingerprint density at radius 1 is 0.891 bits per heavy atom. The zero-order valence-corrected chi connectivity index (χ0v) is 32.7. The lowest BCUT2D eigenvalue weighted by Gasteiger charge is -2.33. The number of carbonyl (C=O) groups is 3. The van der Waals surface area contributed by atoms with Crippen LogP contribution < -0.4 is 16.0 Å². The SMILES string of the molecule is CC(C)(CS(=O)(=O)C[C@@H](Cc1ccccc1)C(=O)N[C@@H](Cc1cnc[nH]1)C(=O)N[C@@H](CC1CCCCC1)[C@@H](O)[C@@H](O)C1CC1)NC(=O)OCc1ccccc1. The molecule has 14 heteroatoms. The summed E-state index contributed by atoms with van der Waals surface area (Å²) in [4.78, 5) is 48.0. The van der Waals surface area contributed by atoms with Crippen molar-refractivity contribution in [2.45, 2.75) is 114 Å². The summed E-state index contributed by atoms with van der Waals surface area (Å²) in [6.07, 6.45) is 7.57. The number of imidazole rings is 1. The monoisotopic (exact) mass is 779 g/mol. The van der Waals surface area contributed by atoms with E-state index in [1.165, 1.54) is 6.33 Å². The number of aliphatic hydroxyl groups excluding tert-OH is 2. The summed E-state index contributed by atoms with van der Waals surface area (Å²) in [6.45, 7) is 3.16. The van der Waals surface area contributed by atoms with Crippen LogP contribution in [0.5, 0.6) is 0 Å². The molecule has 2 aliphatic rings. The van der Waals surface area contributed by atoms with Crippen LogP contribution in [-0.4, -0.2) is 87.8 Å². The van der Waals surface area contributed by atoms with Gasteiger partial charge in [0, 0.05) is 18.3 Å². The summed E-state index contributed by atoms with van der Waals surface area (Å²) < 4.78 is 32.9. The summed E-state index contributed by atoms with van der Waals surface area (Å²) in [5.41, 5.74) is 0.855. The number of aliphatic hydroxyl groups is 2. The second-order valence-electron chi connectivity index (χ2n) is 16.0. The molecule has 300 valence electrons. The van der Waals surface area contributed by atoms with Crippen molar-refractivity contribution in [1.82, 2.24) is 25.9 Å². The highest BCUT2D eigenvalue weighted by Gasteiger charge is 2.40. The first-order chi connectivity index (χ1) is 26.3. The van der Waals surface area contributed by atoms with Crippen LogP contribution in [0.2, 0.25) is 0 Å². The minimum atomic E-state index is -3.99. The third-order valence-electron chi connectivity index (χ3n) is 10.5. The van der Waals surface area contributed by atoms with Crippen molar-refractivity contribution in [1.29, 1.82) is 0 Å². The van der Waals surface area contributed by atoms with Gasteiger partial charge >= 0.3 is 6.09 Å². The van der Waals surface area contributed by atoms with Crippen molar-refractivity contribution < 1.29 is 37.8 Å². The van der Waals surface area contributed by atoms with Gasteiger partial charge in [0.05, 0.1) is 41.4 Å². The molecular formula is C41H57N5O8S.